The first-order valence-electron chi connectivity index (χ1n) is 20.9. The van der Waals surface area contributed by atoms with Crippen LogP contribution in [-0.4, -0.2) is 62.2 Å². The van der Waals surface area contributed by atoms with Crippen molar-refractivity contribution >= 4 is 17.9 Å². The fourth-order valence-electron chi connectivity index (χ4n) is 6.12. The Balaban J connectivity index is 4.18. The van der Waals surface area contributed by atoms with Gasteiger partial charge < -0.3 is 24.1 Å². The van der Waals surface area contributed by atoms with Crippen molar-refractivity contribution in [1.82, 2.24) is 0 Å². The zero-order valence-corrected chi connectivity index (χ0v) is 33.3. The Morgan fingerprint density at radius 3 is 1.28 bits per heavy atom. The normalized spacial score (nSPS) is 13.3. The van der Waals surface area contributed by atoms with Crippen molar-refractivity contribution in [2.45, 2.75) is 213 Å². The molecule has 0 aliphatic rings. The maximum Gasteiger partial charge on any atom is 0.335 e. The lowest BCUT2D eigenvalue weighted by atomic mass is 9.99. The van der Waals surface area contributed by atoms with Gasteiger partial charge >= 0.3 is 17.9 Å². The van der Waals surface area contributed by atoms with Crippen molar-refractivity contribution in [1.29, 1.82) is 0 Å². The second-order valence-corrected chi connectivity index (χ2v) is 15.1. The third-order valence-corrected chi connectivity index (χ3v) is 9.77. The molecule has 3 atom stereocenters. The van der Waals surface area contributed by atoms with E-state index in [0.29, 0.717) is 12.8 Å². The van der Waals surface area contributed by atoms with E-state index in [1.807, 2.05) is 0 Å². The molecule has 0 saturated carbocycles. The standard InChI is InChI=1S/C42H80O8/c1-6-37(4)29-25-21-17-13-11-15-19-23-27-31-41(45)49-35-38(50-42(46)39(47-5)32-33-43)34-48-40(44)30-26-22-18-14-10-8-7-9-12-16-20-24-28-36(2)3/h36-39,43H,6-35H2,1-5H3. The van der Waals surface area contributed by atoms with E-state index in [4.69, 9.17) is 18.9 Å². The summed E-state index contributed by atoms with van der Waals surface area (Å²) in [6, 6.07) is 0. The number of ether oxygens (including phenoxy) is 4. The minimum atomic E-state index is -0.946. The van der Waals surface area contributed by atoms with E-state index in [9.17, 15) is 19.5 Å². The van der Waals surface area contributed by atoms with E-state index < -0.39 is 18.2 Å². The first-order valence-corrected chi connectivity index (χ1v) is 20.9. The number of rotatable bonds is 37. The molecule has 296 valence electrons. The van der Waals surface area contributed by atoms with Crippen molar-refractivity contribution in [3.63, 3.8) is 0 Å². The first-order chi connectivity index (χ1) is 24.2. The number of aliphatic hydroxyl groups excluding tert-OH is 1. The highest BCUT2D eigenvalue weighted by atomic mass is 16.6. The van der Waals surface area contributed by atoms with Crippen molar-refractivity contribution in [3.05, 3.63) is 0 Å². The fourth-order valence-corrected chi connectivity index (χ4v) is 6.12. The van der Waals surface area contributed by atoms with Crippen LogP contribution in [0.5, 0.6) is 0 Å². The molecule has 0 saturated heterocycles. The average molecular weight is 713 g/mol. The molecule has 0 aliphatic heterocycles. The van der Waals surface area contributed by atoms with Crippen LogP contribution in [0.4, 0.5) is 0 Å². The van der Waals surface area contributed by atoms with E-state index in [1.54, 1.807) is 0 Å². The van der Waals surface area contributed by atoms with Gasteiger partial charge in [-0.05, 0) is 24.7 Å². The number of esters is 3. The topological polar surface area (TPSA) is 108 Å². The van der Waals surface area contributed by atoms with Gasteiger partial charge in [0.05, 0.1) is 0 Å². The molecule has 0 aromatic rings. The largest absolute Gasteiger partial charge is 0.462 e. The smallest absolute Gasteiger partial charge is 0.335 e. The highest BCUT2D eigenvalue weighted by molar-refractivity contribution is 5.75. The number of hydrogen-bond donors (Lipinski definition) is 1. The SMILES string of the molecule is CCC(C)CCCCCCCCCCCC(=O)OCC(COC(=O)CCCCCCCCCCCCCCC(C)C)OC(=O)C(CCO)OC. The van der Waals surface area contributed by atoms with E-state index >= 15 is 0 Å². The Kier molecular flexibility index (Phi) is 34.5. The minimum Gasteiger partial charge on any atom is -0.462 e. The van der Waals surface area contributed by atoms with Gasteiger partial charge in [0.25, 0.3) is 0 Å². The molecule has 8 heteroatoms. The van der Waals surface area contributed by atoms with Crippen molar-refractivity contribution in [2.24, 2.45) is 11.8 Å². The maximum atomic E-state index is 12.6. The van der Waals surface area contributed by atoms with Gasteiger partial charge in [0, 0.05) is 33.0 Å². The van der Waals surface area contributed by atoms with E-state index in [2.05, 4.69) is 27.7 Å². The summed E-state index contributed by atoms with van der Waals surface area (Å²) in [7, 11) is 1.36. The molecule has 50 heavy (non-hydrogen) atoms. The summed E-state index contributed by atoms with van der Waals surface area (Å²) in [4.78, 5) is 37.4. The minimum absolute atomic E-state index is 0.0818. The number of unbranched alkanes of at least 4 members (excludes halogenated alkanes) is 19. The number of hydrogen-bond acceptors (Lipinski definition) is 8. The van der Waals surface area contributed by atoms with Crippen LogP contribution in [0.3, 0.4) is 0 Å². The summed E-state index contributed by atoms with van der Waals surface area (Å²) in [5, 5.41) is 9.23. The highest BCUT2D eigenvalue weighted by Gasteiger charge is 2.25. The summed E-state index contributed by atoms with van der Waals surface area (Å²) >= 11 is 0. The average Bonchev–Trinajstić information content (AvgIpc) is 3.10. The van der Waals surface area contributed by atoms with Crippen LogP contribution in [0.25, 0.3) is 0 Å². The number of methoxy groups -OCH3 is 1. The summed E-state index contributed by atoms with van der Waals surface area (Å²) in [6.45, 7) is 8.57. The highest BCUT2D eigenvalue weighted by Crippen LogP contribution is 2.17. The van der Waals surface area contributed by atoms with Gasteiger partial charge in [-0.2, -0.15) is 0 Å². The summed E-state index contributed by atoms with van der Waals surface area (Å²) < 4.78 is 21.4. The van der Waals surface area contributed by atoms with E-state index in [-0.39, 0.29) is 38.2 Å². The van der Waals surface area contributed by atoms with Gasteiger partial charge in [-0.15, -0.1) is 0 Å². The zero-order chi connectivity index (χ0) is 37.1. The summed E-state index contributed by atoms with van der Waals surface area (Å²) in [5.74, 6) is 0.280. The van der Waals surface area contributed by atoms with Gasteiger partial charge in [0.2, 0.25) is 0 Å². The van der Waals surface area contributed by atoms with Crippen LogP contribution in [0.2, 0.25) is 0 Å². The molecule has 0 fully saturated rings. The zero-order valence-electron chi connectivity index (χ0n) is 33.3. The molecule has 8 nitrogen and oxygen atoms in total. The molecule has 0 aliphatic carbocycles. The second kappa shape index (κ2) is 35.7. The Bertz CT molecular complexity index is 786. The van der Waals surface area contributed by atoms with E-state index in [1.165, 1.54) is 123 Å². The molecule has 0 amide bonds. The van der Waals surface area contributed by atoms with Crippen LogP contribution in [0.15, 0.2) is 0 Å². The van der Waals surface area contributed by atoms with E-state index in [0.717, 1.165) is 50.4 Å². The molecule has 0 rings (SSSR count). The number of carbonyl (C=O) groups is 3. The van der Waals surface area contributed by atoms with Gasteiger partial charge in [-0.3, -0.25) is 9.59 Å². The van der Waals surface area contributed by atoms with Crippen molar-refractivity contribution in [2.75, 3.05) is 26.9 Å². The van der Waals surface area contributed by atoms with Crippen LogP contribution >= 0.6 is 0 Å². The molecule has 0 radical (unpaired) electrons. The molecular formula is C42H80O8. The van der Waals surface area contributed by atoms with Crippen LogP contribution in [0.1, 0.15) is 201 Å². The summed E-state index contributed by atoms with van der Waals surface area (Å²) in [6.07, 6.45) is 28.1. The monoisotopic (exact) mass is 713 g/mol. The number of aliphatic hydroxyl groups is 1. The van der Waals surface area contributed by atoms with Crippen molar-refractivity contribution in [3.8, 4) is 0 Å². The maximum absolute atomic E-state index is 12.6. The summed E-state index contributed by atoms with van der Waals surface area (Å²) in [5.41, 5.74) is 0. The predicted octanol–water partition coefficient (Wildman–Crippen LogP) is 10.8. The molecule has 0 bridgehead atoms. The second-order valence-electron chi connectivity index (χ2n) is 15.1. The van der Waals surface area contributed by atoms with Gasteiger partial charge in [0.15, 0.2) is 12.2 Å². The Labute approximate surface area is 307 Å². The molecule has 0 spiro atoms. The van der Waals surface area contributed by atoms with Crippen molar-refractivity contribution < 1.29 is 38.4 Å². The Morgan fingerprint density at radius 2 is 0.920 bits per heavy atom. The molecule has 3 unspecified atom stereocenters. The fraction of sp³-hybridized carbons (Fsp3) is 0.929. The lowest BCUT2D eigenvalue weighted by Crippen LogP contribution is -2.36. The van der Waals surface area contributed by atoms with Gasteiger partial charge in [0.1, 0.15) is 13.2 Å². The Hall–Kier alpha value is -1.67. The number of carbonyl (C=O) groups excluding carboxylic acids is 3. The van der Waals surface area contributed by atoms with Crippen LogP contribution in [0, 0.1) is 11.8 Å². The quantitative estimate of drug-likeness (QED) is 0.0385. The third-order valence-electron chi connectivity index (χ3n) is 9.77. The Morgan fingerprint density at radius 1 is 0.540 bits per heavy atom. The van der Waals surface area contributed by atoms with Gasteiger partial charge in [-0.1, -0.05) is 169 Å². The predicted molar refractivity (Wildman–Crippen MR) is 204 cm³/mol. The molecule has 0 aromatic carbocycles. The van der Waals surface area contributed by atoms with Crippen LogP contribution in [-0.2, 0) is 33.3 Å². The van der Waals surface area contributed by atoms with Gasteiger partial charge in [-0.25, -0.2) is 4.79 Å². The molecule has 0 aromatic heterocycles. The molecule has 1 N–H and O–H groups in total. The molecule has 0 heterocycles. The molecular weight excluding hydrogens is 632 g/mol. The first kappa shape index (κ1) is 48.3. The lowest BCUT2D eigenvalue weighted by molar-refractivity contribution is -0.174. The third kappa shape index (κ3) is 32.3. The lowest BCUT2D eigenvalue weighted by Gasteiger charge is -2.21. The van der Waals surface area contributed by atoms with Crippen LogP contribution < -0.4 is 0 Å².